The van der Waals surface area contributed by atoms with Crippen molar-refractivity contribution < 1.29 is 17.9 Å². The smallest absolute Gasteiger partial charge is 0.129 e. The van der Waals surface area contributed by atoms with Gasteiger partial charge in [-0.3, -0.25) is 0 Å². The maximum atomic E-state index is 12.8. The summed E-state index contributed by atoms with van der Waals surface area (Å²) in [6.45, 7) is 0.0562. The zero-order valence-electron chi connectivity index (χ0n) is 8.79. The molecule has 0 unspecified atom stereocenters. The highest BCUT2D eigenvalue weighted by atomic mass is 19.1. The van der Waals surface area contributed by atoms with Crippen LogP contribution in [-0.2, 0) is 6.61 Å². The topological polar surface area (TPSA) is 9.23 Å². The summed E-state index contributed by atoms with van der Waals surface area (Å²) in [5, 5.41) is 0. The van der Waals surface area contributed by atoms with E-state index in [9.17, 15) is 13.2 Å². The molecule has 4 heteroatoms. The first-order valence-electron chi connectivity index (χ1n) is 4.97. The minimum Gasteiger partial charge on any atom is -0.489 e. The van der Waals surface area contributed by atoms with E-state index in [1.807, 2.05) is 0 Å². The maximum absolute atomic E-state index is 12.8. The quantitative estimate of drug-likeness (QED) is 0.792. The second kappa shape index (κ2) is 4.91. The molecule has 0 saturated heterocycles. The molecular weight excluding hydrogens is 229 g/mol. The van der Waals surface area contributed by atoms with Crippen molar-refractivity contribution in [2.45, 2.75) is 6.61 Å². The first-order chi connectivity index (χ1) is 8.13. The average Bonchev–Trinajstić information content (AvgIpc) is 2.25. The Morgan fingerprint density at radius 1 is 0.824 bits per heavy atom. The predicted molar refractivity (Wildman–Crippen MR) is 57.1 cm³/mol. The highest BCUT2D eigenvalue weighted by Gasteiger charge is 2.02. The van der Waals surface area contributed by atoms with Gasteiger partial charge in [-0.05, 0) is 17.7 Å². The van der Waals surface area contributed by atoms with E-state index in [1.54, 1.807) is 12.1 Å². The highest BCUT2D eigenvalue weighted by molar-refractivity contribution is 5.24. The Morgan fingerprint density at radius 2 is 1.53 bits per heavy atom. The van der Waals surface area contributed by atoms with E-state index in [1.165, 1.54) is 12.1 Å². The molecule has 2 aromatic carbocycles. The lowest BCUT2D eigenvalue weighted by atomic mass is 10.2. The van der Waals surface area contributed by atoms with Crippen LogP contribution in [-0.4, -0.2) is 0 Å². The Kier molecular flexibility index (Phi) is 3.32. The van der Waals surface area contributed by atoms with Gasteiger partial charge in [0.15, 0.2) is 0 Å². The van der Waals surface area contributed by atoms with Crippen molar-refractivity contribution in [1.82, 2.24) is 0 Å². The number of hydrogen-bond donors (Lipinski definition) is 0. The fraction of sp³-hybridized carbons (Fsp3) is 0.0769. The van der Waals surface area contributed by atoms with Crippen LogP contribution < -0.4 is 4.74 Å². The molecule has 0 amide bonds. The molecule has 2 aromatic rings. The summed E-state index contributed by atoms with van der Waals surface area (Å²) in [5.74, 6) is -1.72. The Labute approximate surface area is 96.5 Å². The number of ether oxygens (including phenoxy) is 1. The van der Waals surface area contributed by atoms with Gasteiger partial charge < -0.3 is 4.74 Å². The van der Waals surface area contributed by atoms with Crippen molar-refractivity contribution in [2.24, 2.45) is 0 Å². The van der Waals surface area contributed by atoms with E-state index in [0.29, 0.717) is 5.56 Å². The van der Waals surface area contributed by atoms with Gasteiger partial charge >= 0.3 is 0 Å². The first-order valence-corrected chi connectivity index (χ1v) is 4.97. The van der Waals surface area contributed by atoms with Crippen LogP contribution in [0.1, 0.15) is 5.56 Å². The SMILES string of the molecule is Fc1cccc(COc2cc(F)cc(F)c2)c1. The predicted octanol–water partition coefficient (Wildman–Crippen LogP) is 3.68. The van der Waals surface area contributed by atoms with E-state index in [0.717, 1.165) is 18.2 Å². The van der Waals surface area contributed by atoms with Crippen LogP contribution in [0.15, 0.2) is 42.5 Å². The van der Waals surface area contributed by atoms with Crippen LogP contribution in [0.5, 0.6) is 5.75 Å². The van der Waals surface area contributed by atoms with Crippen molar-refractivity contribution in [3.05, 3.63) is 65.5 Å². The van der Waals surface area contributed by atoms with Crippen molar-refractivity contribution in [3.8, 4) is 5.75 Å². The summed E-state index contributed by atoms with van der Waals surface area (Å²) in [6, 6.07) is 8.72. The second-order valence-electron chi connectivity index (χ2n) is 3.52. The van der Waals surface area contributed by atoms with Gasteiger partial charge in [0.1, 0.15) is 29.8 Å². The van der Waals surface area contributed by atoms with Crippen LogP contribution in [0.4, 0.5) is 13.2 Å². The van der Waals surface area contributed by atoms with Gasteiger partial charge in [0, 0.05) is 18.2 Å². The van der Waals surface area contributed by atoms with Gasteiger partial charge in [-0.2, -0.15) is 0 Å². The Hall–Kier alpha value is -1.97. The molecule has 0 spiro atoms. The minimum atomic E-state index is -0.709. The van der Waals surface area contributed by atoms with Gasteiger partial charge in [-0.25, -0.2) is 13.2 Å². The minimum absolute atomic E-state index is 0.0562. The van der Waals surface area contributed by atoms with Crippen LogP contribution in [0.25, 0.3) is 0 Å². The highest BCUT2D eigenvalue weighted by Crippen LogP contribution is 2.17. The van der Waals surface area contributed by atoms with Gasteiger partial charge in [0.05, 0.1) is 0 Å². The number of hydrogen-bond acceptors (Lipinski definition) is 1. The third-order valence-electron chi connectivity index (χ3n) is 2.13. The van der Waals surface area contributed by atoms with E-state index >= 15 is 0 Å². The van der Waals surface area contributed by atoms with Crippen LogP contribution in [0.2, 0.25) is 0 Å². The molecule has 0 atom stereocenters. The van der Waals surface area contributed by atoms with Gasteiger partial charge in [0.25, 0.3) is 0 Å². The summed E-state index contributed by atoms with van der Waals surface area (Å²) in [7, 11) is 0. The molecule has 2 rings (SSSR count). The molecule has 88 valence electrons. The fourth-order valence-electron chi connectivity index (χ4n) is 1.41. The fourth-order valence-corrected chi connectivity index (χ4v) is 1.41. The van der Waals surface area contributed by atoms with Gasteiger partial charge in [-0.1, -0.05) is 12.1 Å². The third kappa shape index (κ3) is 3.24. The van der Waals surface area contributed by atoms with Gasteiger partial charge in [-0.15, -0.1) is 0 Å². The summed E-state index contributed by atoms with van der Waals surface area (Å²) in [5.41, 5.74) is 0.592. The summed E-state index contributed by atoms with van der Waals surface area (Å²) >= 11 is 0. The number of benzene rings is 2. The molecule has 0 bridgehead atoms. The zero-order valence-corrected chi connectivity index (χ0v) is 8.79. The lowest BCUT2D eigenvalue weighted by Gasteiger charge is -2.06. The molecule has 0 aliphatic rings. The second-order valence-corrected chi connectivity index (χ2v) is 3.52. The van der Waals surface area contributed by atoms with Crippen LogP contribution in [0, 0.1) is 17.5 Å². The van der Waals surface area contributed by atoms with E-state index in [2.05, 4.69) is 0 Å². The summed E-state index contributed by atoms with van der Waals surface area (Å²) in [6.07, 6.45) is 0. The Bertz CT molecular complexity index is 506. The van der Waals surface area contributed by atoms with Crippen molar-refractivity contribution >= 4 is 0 Å². The molecule has 0 radical (unpaired) electrons. The maximum Gasteiger partial charge on any atom is 0.129 e. The Balaban J connectivity index is 2.07. The third-order valence-corrected chi connectivity index (χ3v) is 2.13. The van der Waals surface area contributed by atoms with E-state index in [4.69, 9.17) is 4.74 Å². The van der Waals surface area contributed by atoms with E-state index < -0.39 is 11.6 Å². The van der Waals surface area contributed by atoms with E-state index in [-0.39, 0.29) is 18.2 Å². The lowest BCUT2D eigenvalue weighted by molar-refractivity contribution is 0.302. The van der Waals surface area contributed by atoms with Crippen LogP contribution in [0.3, 0.4) is 0 Å². The van der Waals surface area contributed by atoms with Crippen molar-refractivity contribution in [3.63, 3.8) is 0 Å². The largest absolute Gasteiger partial charge is 0.489 e. The molecule has 0 saturated carbocycles. The molecule has 0 aliphatic carbocycles. The molecule has 1 nitrogen and oxygen atoms in total. The number of halogens is 3. The lowest BCUT2D eigenvalue weighted by Crippen LogP contribution is -1.96. The van der Waals surface area contributed by atoms with Crippen molar-refractivity contribution in [1.29, 1.82) is 0 Å². The summed E-state index contributed by atoms with van der Waals surface area (Å²) < 4.78 is 43.7. The van der Waals surface area contributed by atoms with Crippen LogP contribution >= 0.6 is 0 Å². The molecule has 0 fully saturated rings. The molecule has 0 N–H and O–H groups in total. The average molecular weight is 238 g/mol. The molecular formula is C13H9F3O. The Morgan fingerprint density at radius 3 is 2.18 bits per heavy atom. The van der Waals surface area contributed by atoms with Crippen molar-refractivity contribution in [2.75, 3.05) is 0 Å². The number of rotatable bonds is 3. The zero-order chi connectivity index (χ0) is 12.3. The molecule has 0 aliphatic heterocycles. The molecule has 0 aromatic heterocycles. The first kappa shape index (κ1) is 11.5. The standard InChI is InChI=1S/C13H9F3O/c14-10-3-1-2-9(4-10)8-17-13-6-11(15)5-12(16)7-13/h1-7H,8H2. The van der Waals surface area contributed by atoms with Gasteiger partial charge in [0.2, 0.25) is 0 Å². The normalized spacial score (nSPS) is 10.3. The summed E-state index contributed by atoms with van der Waals surface area (Å²) in [4.78, 5) is 0. The monoisotopic (exact) mass is 238 g/mol. The molecule has 17 heavy (non-hydrogen) atoms. The molecule has 0 heterocycles.